The van der Waals surface area contributed by atoms with Crippen molar-refractivity contribution in [2.75, 3.05) is 13.7 Å². The van der Waals surface area contributed by atoms with Crippen molar-refractivity contribution < 1.29 is 19.0 Å². The van der Waals surface area contributed by atoms with Crippen LogP contribution in [0.15, 0.2) is 18.2 Å². The number of ether oxygens (including phenoxy) is 1. The Balaban J connectivity index is 2.73. The van der Waals surface area contributed by atoms with Gasteiger partial charge in [-0.3, -0.25) is 4.79 Å². The third-order valence-electron chi connectivity index (χ3n) is 3.70. The van der Waals surface area contributed by atoms with Gasteiger partial charge in [0.2, 0.25) is 0 Å². The van der Waals surface area contributed by atoms with Gasteiger partial charge in [0.15, 0.2) is 0 Å². The summed E-state index contributed by atoms with van der Waals surface area (Å²) >= 11 is 0. The summed E-state index contributed by atoms with van der Waals surface area (Å²) in [6.07, 6.45) is 0.791. The molecule has 0 aliphatic carbocycles. The van der Waals surface area contributed by atoms with Crippen LogP contribution in [0.1, 0.15) is 37.6 Å². The molecule has 0 aliphatic heterocycles. The number of benzene rings is 1. The van der Waals surface area contributed by atoms with Gasteiger partial charge in [0.1, 0.15) is 11.6 Å². The molecule has 2 atom stereocenters. The number of carbonyl (C=O) groups is 1. The molecule has 1 aromatic carbocycles. The molecule has 0 radical (unpaired) electrons. The maximum absolute atomic E-state index is 13.7. The van der Waals surface area contributed by atoms with Gasteiger partial charge in [-0.25, -0.2) is 4.39 Å². The fraction of sp³-hybridized carbons (Fsp3) is 0.533. The highest BCUT2D eigenvalue weighted by Gasteiger charge is 2.28. The van der Waals surface area contributed by atoms with Crippen LogP contribution < -0.4 is 10.1 Å². The highest BCUT2D eigenvalue weighted by atomic mass is 19.1. The average molecular weight is 283 g/mol. The Bertz CT molecular complexity index is 474. The number of aliphatic hydroxyl groups is 1. The van der Waals surface area contributed by atoms with Crippen molar-refractivity contribution in [2.24, 2.45) is 5.92 Å². The Morgan fingerprint density at radius 3 is 2.70 bits per heavy atom. The second-order valence-corrected chi connectivity index (χ2v) is 5.19. The second kappa shape index (κ2) is 6.70. The monoisotopic (exact) mass is 283 g/mol. The summed E-state index contributed by atoms with van der Waals surface area (Å²) in [6, 6.07) is 4.04. The van der Waals surface area contributed by atoms with Gasteiger partial charge in [-0.2, -0.15) is 0 Å². The lowest BCUT2D eigenvalue weighted by Crippen LogP contribution is -2.45. The lowest BCUT2D eigenvalue weighted by atomic mass is 9.88. The first-order valence-corrected chi connectivity index (χ1v) is 6.66. The van der Waals surface area contributed by atoms with Crippen molar-refractivity contribution in [2.45, 2.75) is 32.8 Å². The Morgan fingerprint density at radius 1 is 1.55 bits per heavy atom. The number of hydrogen-bond donors (Lipinski definition) is 2. The molecule has 0 aromatic heterocycles. The molecule has 4 nitrogen and oxygen atoms in total. The molecule has 0 fully saturated rings. The molecule has 0 heterocycles. The van der Waals surface area contributed by atoms with Gasteiger partial charge in [-0.05, 0) is 25.0 Å². The van der Waals surface area contributed by atoms with Crippen molar-refractivity contribution in [1.82, 2.24) is 5.32 Å². The molecular weight excluding hydrogens is 261 g/mol. The van der Waals surface area contributed by atoms with Gasteiger partial charge in [0, 0.05) is 12.6 Å². The van der Waals surface area contributed by atoms with Gasteiger partial charge in [-0.1, -0.05) is 20.3 Å². The molecule has 112 valence electrons. The predicted molar refractivity (Wildman–Crippen MR) is 75.4 cm³/mol. The SMILES string of the molecule is CCC(C)C(C)(O)CNC(=O)c1ccc(OC)cc1F. The number of carbonyl (C=O) groups excluding carboxylic acids is 1. The van der Waals surface area contributed by atoms with Crippen LogP contribution in [0.25, 0.3) is 0 Å². The van der Waals surface area contributed by atoms with E-state index in [9.17, 15) is 14.3 Å². The molecule has 1 aromatic rings. The van der Waals surface area contributed by atoms with Gasteiger partial charge in [-0.15, -0.1) is 0 Å². The molecule has 0 saturated heterocycles. The zero-order chi connectivity index (χ0) is 15.3. The van der Waals surface area contributed by atoms with E-state index in [0.29, 0.717) is 5.75 Å². The topological polar surface area (TPSA) is 58.6 Å². The van der Waals surface area contributed by atoms with E-state index < -0.39 is 17.3 Å². The molecule has 2 N–H and O–H groups in total. The predicted octanol–water partition coefficient (Wildman–Crippen LogP) is 2.36. The quantitative estimate of drug-likeness (QED) is 0.842. The van der Waals surface area contributed by atoms with Gasteiger partial charge in [0.25, 0.3) is 5.91 Å². The van der Waals surface area contributed by atoms with Crippen LogP contribution in [-0.4, -0.2) is 30.3 Å². The van der Waals surface area contributed by atoms with Crippen LogP contribution in [0.3, 0.4) is 0 Å². The minimum absolute atomic E-state index is 0.0310. The van der Waals surface area contributed by atoms with E-state index in [4.69, 9.17) is 4.74 Å². The zero-order valence-corrected chi connectivity index (χ0v) is 12.4. The van der Waals surface area contributed by atoms with Crippen molar-refractivity contribution in [3.8, 4) is 5.75 Å². The molecule has 5 heteroatoms. The highest BCUT2D eigenvalue weighted by molar-refractivity contribution is 5.94. The summed E-state index contributed by atoms with van der Waals surface area (Å²) < 4.78 is 18.6. The van der Waals surface area contributed by atoms with E-state index in [1.165, 1.54) is 19.2 Å². The maximum Gasteiger partial charge on any atom is 0.254 e. The van der Waals surface area contributed by atoms with Crippen molar-refractivity contribution in [3.63, 3.8) is 0 Å². The number of amides is 1. The van der Waals surface area contributed by atoms with Crippen LogP contribution in [0, 0.1) is 11.7 Å². The summed E-state index contributed by atoms with van der Waals surface area (Å²) in [5, 5.41) is 12.8. The Kier molecular flexibility index (Phi) is 5.51. The lowest BCUT2D eigenvalue weighted by Gasteiger charge is -2.29. The Labute approximate surface area is 119 Å². The van der Waals surface area contributed by atoms with Crippen LogP contribution in [0.5, 0.6) is 5.75 Å². The van der Waals surface area contributed by atoms with E-state index in [1.807, 2.05) is 13.8 Å². The lowest BCUT2D eigenvalue weighted by molar-refractivity contribution is 0.00588. The number of rotatable bonds is 6. The first kappa shape index (κ1) is 16.4. The fourth-order valence-electron chi connectivity index (χ4n) is 1.78. The fourth-order valence-corrected chi connectivity index (χ4v) is 1.78. The van der Waals surface area contributed by atoms with Crippen molar-refractivity contribution in [3.05, 3.63) is 29.6 Å². The van der Waals surface area contributed by atoms with Crippen LogP contribution in [-0.2, 0) is 0 Å². The highest BCUT2D eigenvalue weighted by Crippen LogP contribution is 2.20. The summed E-state index contributed by atoms with van der Waals surface area (Å²) in [5.74, 6) is -0.812. The molecular formula is C15H22FNO3. The standard InChI is InChI=1S/C15H22FNO3/c1-5-10(2)15(3,19)9-17-14(18)12-7-6-11(20-4)8-13(12)16/h6-8,10,19H,5,9H2,1-4H3,(H,17,18). The first-order valence-electron chi connectivity index (χ1n) is 6.66. The second-order valence-electron chi connectivity index (χ2n) is 5.19. The minimum atomic E-state index is -1.02. The van der Waals surface area contributed by atoms with Crippen molar-refractivity contribution in [1.29, 1.82) is 0 Å². The van der Waals surface area contributed by atoms with Gasteiger partial charge >= 0.3 is 0 Å². The maximum atomic E-state index is 13.7. The van der Waals surface area contributed by atoms with Gasteiger partial charge < -0.3 is 15.2 Å². The average Bonchev–Trinajstić information content (AvgIpc) is 2.43. The molecule has 0 saturated carbocycles. The molecule has 0 bridgehead atoms. The number of hydrogen-bond acceptors (Lipinski definition) is 3. The molecule has 2 unspecified atom stereocenters. The van der Waals surface area contributed by atoms with E-state index in [-0.39, 0.29) is 18.0 Å². The van der Waals surface area contributed by atoms with Crippen molar-refractivity contribution >= 4 is 5.91 Å². The summed E-state index contributed by atoms with van der Waals surface area (Å²) in [6.45, 7) is 5.60. The third kappa shape index (κ3) is 3.93. The number of methoxy groups -OCH3 is 1. The van der Waals surface area contributed by atoms with E-state index in [1.54, 1.807) is 6.92 Å². The first-order chi connectivity index (χ1) is 9.31. The zero-order valence-electron chi connectivity index (χ0n) is 12.4. The molecule has 0 aliphatic rings. The van der Waals surface area contributed by atoms with E-state index in [2.05, 4.69) is 5.32 Å². The van der Waals surface area contributed by atoms with Crippen LogP contribution >= 0.6 is 0 Å². The van der Waals surface area contributed by atoms with Crippen LogP contribution in [0.4, 0.5) is 4.39 Å². The van der Waals surface area contributed by atoms with Gasteiger partial charge in [0.05, 0.1) is 18.3 Å². The summed E-state index contributed by atoms with van der Waals surface area (Å²) in [4.78, 5) is 11.9. The third-order valence-corrected chi connectivity index (χ3v) is 3.70. The largest absolute Gasteiger partial charge is 0.497 e. The molecule has 20 heavy (non-hydrogen) atoms. The normalized spacial score (nSPS) is 15.3. The molecule has 0 spiro atoms. The summed E-state index contributed by atoms with van der Waals surface area (Å²) in [5.41, 5.74) is -1.08. The smallest absolute Gasteiger partial charge is 0.254 e. The molecule has 1 amide bonds. The van der Waals surface area contributed by atoms with Crippen LogP contribution in [0.2, 0.25) is 0 Å². The summed E-state index contributed by atoms with van der Waals surface area (Å²) in [7, 11) is 1.43. The number of nitrogens with one attached hydrogen (secondary N) is 1. The minimum Gasteiger partial charge on any atom is -0.497 e. The van der Waals surface area contributed by atoms with E-state index >= 15 is 0 Å². The Morgan fingerprint density at radius 2 is 2.20 bits per heavy atom. The van der Waals surface area contributed by atoms with E-state index in [0.717, 1.165) is 12.5 Å². The Hall–Kier alpha value is -1.62. The number of halogens is 1. The molecule has 1 rings (SSSR count).